The van der Waals surface area contributed by atoms with Crippen LogP contribution in [0.25, 0.3) is 0 Å². The molecule has 0 unspecified atom stereocenters. The molecule has 3 heterocycles. The minimum absolute atomic E-state index is 0.131. The van der Waals surface area contributed by atoms with Crippen LogP contribution in [0.2, 0.25) is 0 Å². The van der Waals surface area contributed by atoms with Crippen LogP contribution in [0.4, 0.5) is 4.79 Å². The molecule has 27 heavy (non-hydrogen) atoms. The fraction of sp³-hybridized carbons (Fsp3) is 0.500. The van der Waals surface area contributed by atoms with E-state index in [9.17, 15) is 10.1 Å². The number of aromatic nitrogens is 3. The van der Waals surface area contributed by atoms with Gasteiger partial charge in [-0.2, -0.15) is 10.4 Å². The summed E-state index contributed by atoms with van der Waals surface area (Å²) in [5.41, 5.74) is 2.17. The lowest BCUT2D eigenvalue weighted by atomic mass is 9.89. The summed E-state index contributed by atoms with van der Waals surface area (Å²) in [5.74, 6) is 1.53. The molecule has 0 radical (unpaired) electrons. The summed E-state index contributed by atoms with van der Waals surface area (Å²) in [7, 11) is 0. The summed E-state index contributed by atoms with van der Waals surface area (Å²) >= 11 is 0. The van der Waals surface area contributed by atoms with E-state index in [1.54, 1.807) is 0 Å². The van der Waals surface area contributed by atoms with E-state index in [0.717, 1.165) is 50.3 Å². The first-order valence-electron chi connectivity index (χ1n) is 9.59. The number of aromatic amines is 1. The number of hydrogen-bond donors (Lipinski definition) is 1. The summed E-state index contributed by atoms with van der Waals surface area (Å²) in [6, 6.07) is 11.0. The highest BCUT2D eigenvalue weighted by Crippen LogP contribution is 2.47. The molecule has 1 aromatic heterocycles. The Bertz CT molecular complexity index is 874. The predicted molar refractivity (Wildman–Crippen MR) is 98.0 cm³/mol. The zero-order valence-corrected chi connectivity index (χ0v) is 15.1. The maximum absolute atomic E-state index is 12.7. The molecule has 5 rings (SSSR count). The van der Waals surface area contributed by atoms with Gasteiger partial charge in [0.25, 0.3) is 0 Å². The minimum Gasteiger partial charge on any atom is -0.324 e. The summed E-state index contributed by atoms with van der Waals surface area (Å²) in [6.45, 7) is 3.02. The quantitative estimate of drug-likeness (QED) is 0.908. The number of amides is 2. The van der Waals surface area contributed by atoms with Gasteiger partial charge in [-0.25, -0.2) is 9.78 Å². The lowest BCUT2D eigenvalue weighted by Gasteiger charge is -2.41. The van der Waals surface area contributed by atoms with Crippen molar-refractivity contribution in [2.45, 2.75) is 36.5 Å². The van der Waals surface area contributed by atoms with E-state index >= 15 is 0 Å². The van der Waals surface area contributed by atoms with Crippen molar-refractivity contribution in [1.82, 2.24) is 25.0 Å². The number of nitrogens with zero attached hydrogens (tertiary/aromatic N) is 5. The Morgan fingerprint density at radius 3 is 2.52 bits per heavy atom. The molecule has 1 saturated carbocycles. The number of nitriles is 1. The molecule has 2 aromatic rings. The number of hydrogen-bond acceptors (Lipinski definition) is 4. The van der Waals surface area contributed by atoms with Crippen LogP contribution >= 0.6 is 0 Å². The van der Waals surface area contributed by atoms with Crippen molar-refractivity contribution in [3.63, 3.8) is 0 Å². The molecule has 3 fully saturated rings. The lowest BCUT2D eigenvalue weighted by molar-refractivity contribution is 0.121. The molecular formula is C20H22N6O. The van der Waals surface area contributed by atoms with Gasteiger partial charge in [-0.05, 0) is 30.4 Å². The molecule has 7 nitrogen and oxygen atoms in total. The van der Waals surface area contributed by atoms with Crippen molar-refractivity contribution in [3.8, 4) is 6.07 Å². The molecule has 2 aliphatic heterocycles. The number of likely N-dealkylation sites (tertiary alicyclic amines) is 2. The van der Waals surface area contributed by atoms with Gasteiger partial charge in [0.15, 0.2) is 0 Å². The van der Waals surface area contributed by atoms with Crippen LogP contribution in [0.5, 0.6) is 0 Å². The van der Waals surface area contributed by atoms with Crippen LogP contribution in [-0.2, 0) is 5.41 Å². The van der Waals surface area contributed by atoms with E-state index in [1.807, 2.05) is 9.80 Å². The van der Waals surface area contributed by atoms with Crippen molar-refractivity contribution in [2.24, 2.45) is 0 Å². The van der Waals surface area contributed by atoms with E-state index in [-0.39, 0.29) is 17.4 Å². The van der Waals surface area contributed by atoms with Gasteiger partial charge in [-0.3, -0.25) is 5.10 Å². The smallest absolute Gasteiger partial charge is 0.320 e. The standard InChI is InChI=1S/C20H22N6O/c21-12-20(6-7-20)17-3-1-14(2-4-17)16-10-26(11-16)19(27)25-8-5-15(9-25)18-22-13-23-24-18/h1-4,13,15-16H,5-11H2,(H,22,23,24)/t15-/m0/s1. The second-order valence-electron chi connectivity index (χ2n) is 8.00. The van der Waals surface area contributed by atoms with E-state index in [0.29, 0.717) is 12.5 Å². The van der Waals surface area contributed by atoms with Gasteiger partial charge in [0, 0.05) is 38.0 Å². The number of urea groups is 1. The highest BCUT2D eigenvalue weighted by molar-refractivity contribution is 5.76. The zero-order chi connectivity index (χ0) is 18.4. The molecule has 2 amide bonds. The third kappa shape index (κ3) is 2.76. The molecule has 2 saturated heterocycles. The Balaban J connectivity index is 1.16. The summed E-state index contributed by atoms with van der Waals surface area (Å²) < 4.78 is 0. The van der Waals surface area contributed by atoms with Gasteiger partial charge < -0.3 is 9.80 Å². The molecule has 1 aromatic carbocycles. The maximum Gasteiger partial charge on any atom is 0.320 e. The van der Waals surface area contributed by atoms with E-state index in [2.05, 4.69) is 45.5 Å². The second kappa shape index (κ2) is 6.08. The minimum atomic E-state index is -0.226. The van der Waals surface area contributed by atoms with Crippen LogP contribution in [0.15, 0.2) is 30.6 Å². The number of benzene rings is 1. The van der Waals surface area contributed by atoms with Crippen LogP contribution in [0.3, 0.4) is 0 Å². The number of H-pyrrole nitrogens is 1. The average Bonchev–Trinajstić information content (AvgIpc) is 3.07. The molecule has 0 spiro atoms. The predicted octanol–water partition coefficient (Wildman–Crippen LogP) is 2.37. The monoisotopic (exact) mass is 362 g/mol. The number of nitrogens with one attached hydrogen (secondary N) is 1. The molecule has 3 aliphatic rings. The second-order valence-corrected chi connectivity index (χ2v) is 8.00. The van der Waals surface area contributed by atoms with Crippen molar-refractivity contribution in [1.29, 1.82) is 5.26 Å². The van der Waals surface area contributed by atoms with Crippen LogP contribution in [0, 0.1) is 11.3 Å². The Morgan fingerprint density at radius 1 is 1.15 bits per heavy atom. The molecular weight excluding hydrogens is 340 g/mol. The van der Waals surface area contributed by atoms with Crippen LogP contribution in [-0.4, -0.2) is 57.2 Å². The largest absolute Gasteiger partial charge is 0.324 e. The van der Waals surface area contributed by atoms with E-state index < -0.39 is 0 Å². The number of rotatable bonds is 3. The Kier molecular flexibility index (Phi) is 3.67. The van der Waals surface area contributed by atoms with Gasteiger partial charge in [0.1, 0.15) is 12.2 Å². The molecule has 0 bridgehead atoms. The molecule has 1 N–H and O–H groups in total. The first-order valence-corrected chi connectivity index (χ1v) is 9.59. The van der Waals surface area contributed by atoms with Gasteiger partial charge in [0.05, 0.1) is 11.5 Å². The SMILES string of the molecule is N#CC1(c2ccc(C3CN(C(=O)N4CC[C@H](c5ncn[nH]5)C4)C3)cc2)CC1. The van der Waals surface area contributed by atoms with E-state index in [1.165, 1.54) is 11.9 Å². The third-order valence-electron chi connectivity index (χ3n) is 6.33. The Labute approximate surface area is 158 Å². The topological polar surface area (TPSA) is 88.9 Å². The Morgan fingerprint density at radius 2 is 1.89 bits per heavy atom. The van der Waals surface area contributed by atoms with Crippen molar-refractivity contribution in [3.05, 3.63) is 47.5 Å². The third-order valence-corrected chi connectivity index (χ3v) is 6.33. The first-order chi connectivity index (χ1) is 13.2. The lowest BCUT2D eigenvalue weighted by Crippen LogP contribution is -2.53. The van der Waals surface area contributed by atoms with Gasteiger partial charge in [0.2, 0.25) is 0 Å². The molecule has 1 atom stereocenters. The number of carbonyl (C=O) groups excluding carboxylic acids is 1. The van der Waals surface area contributed by atoms with Crippen molar-refractivity contribution in [2.75, 3.05) is 26.2 Å². The average molecular weight is 362 g/mol. The van der Waals surface area contributed by atoms with Gasteiger partial charge >= 0.3 is 6.03 Å². The molecule has 7 heteroatoms. The molecule has 1 aliphatic carbocycles. The van der Waals surface area contributed by atoms with E-state index in [4.69, 9.17) is 0 Å². The summed E-state index contributed by atoms with van der Waals surface area (Å²) in [5, 5.41) is 16.1. The van der Waals surface area contributed by atoms with Crippen molar-refractivity contribution < 1.29 is 4.79 Å². The fourth-order valence-electron chi connectivity index (χ4n) is 4.28. The summed E-state index contributed by atoms with van der Waals surface area (Å²) in [6.07, 6.45) is 4.39. The van der Waals surface area contributed by atoms with Gasteiger partial charge in [-0.15, -0.1) is 0 Å². The maximum atomic E-state index is 12.7. The van der Waals surface area contributed by atoms with Crippen LogP contribution in [0.1, 0.15) is 48.0 Å². The summed E-state index contributed by atoms with van der Waals surface area (Å²) in [4.78, 5) is 20.8. The van der Waals surface area contributed by atoms with Crippen LogP contribution < -0.4 is 0 Å². The van der Waals surface area contributed by atoms with Crippen molar-refractivity contribution >= 4 is 6.03 Å². The first kappa shape index (κ1) is 16.3. The zero-order valence-electron chi connectivity index (χ0n) is 15.1. The fourth-order valence-corrected chi connectivity index (χ4v) is 4.28. The molecule has 138 valence electrons. The Hall–Kier alpha value is -2.88. The highest BCUT2D eigenvalue weighted by Gasteiger charge is 2.45. The number of carbonyl (C=O) groups is 1. The normalized spacial score (nSPS) is 23.7. The van der Waals surface area contributed by atoms with Gasteiger partial charge in [-0.1, -0.05) is 24.3 Å². The highest BCUT2D eigenvalue weighted by atomic mass is 16.2.